The molecule has 0 N–H and O–H groups in total. The lowest BCUT2D eigenvalue weighted by atomic mass is 9.93. The molecular weight excluding hydrogens is 372 g/mol. The standard InChI is InChI=1S/C21H24N4O2S/c1-14-22-19(27-23-14)15-8-12-24(13-9-15)20(26)18-16-6-2-3-7-17(16)28-21(18)25-10-4-5-11-25/h4-5,10-11,15H,2-3,6-9,12-13H2,1H3. The molecule has 0 radical (unpaired) electrons. The van der Waals surface area contributed by atoms with Crippen molar-refractivity contribution in [2.45, 2.75) is 51.4 Å². The summed E-state index contributed by atoms with van der Waals surface area (Å²) in [7, 11) is 0. The number of nitrogens with zero attached hydrogens (tertiary/aromatic N) is 4. The van der Waals surface area contributed by atoms with E-state index in [1.165, 1.54) is 23.3 Å². The van der Waals surface area contributed by atoms with Gasteiger partial charge in [0.1, 0.15) is 5.00 Å². The lowest BCUT2D eigenvalue weighted by Gasteiger charge is -2.31. The van der Waals surface area contributed by atoms with Crippen LogP contribution in [0.15, 0.2) is 29.0 Å². The Morgan fingerprint density at radius 2 is 1.93 bits per heavy atom. The highest BCUT2D eigenvalue weighted by Gasteiger charge is 2.32. The Balaban J connectivity index is 1.40. The first kappa shape index (κ1) is 17.7. The van der Waals surface area contributed by atoms with Crippen LogP contribution in [0.2, 0.25) is 0 Å². The van der Waals surface area contributed by atoms with Gasteiger partial charge in [0, 0.05) is 36.3 Å². The monoisotopic (exact) mass is 396 g/mol. The Hall–Kier alpha value is -2.41. The third-order valence-electron chi connectivity index (χ3n) is 5.88. The van der Waals surface area contributed by atoms with Crippen LogP contribution in [0.3, 0.4) is 0 Å². The highest BCUT2D eigenvalue weighted by atomic mass is 32.1. The molecule has 6 nitrogen and oxygen atoms in total. The molecule has 1 amide bonds. The molecule has 5 rings (SSSR count). The van der Waals surface area contributed by atoms with Crippen molar-refractivity contribution in [3.05, 3.63) is 52.2 Å². The second-order valence-corrected chi connectivity index (χ2v) is 8.81. The molecule has 2 aliphatic rings. The minimum absolute atomic E-state index is 0.184. The molecule has 1 aliphatic carbocycles. The van der Waals surface area contributed by atoms with Gasteiger partial charge in [-0.25, -0.2) is 0 Å². The lowest BCUT2D eigenvalue weighted by molar-refractivity contribution is 0.0703. The summed E-state index contributed by atoms with van der Waals surface area (Å²) in [4.78, 5) is 21.4. The lowest BCUT2D eigenvalue weighted by Crippen LogP contribution is -2.38. The zero-order valence-corrected chi connectivity index (χ0v) is 16.9. The summed E-state index contributed by atoms with van der Waals surface area (Å²) in [6, 6.07) is 4.04. The largest absolute Gasteiger partial charge is 0.339 e. The maximum Gasteiger partial charge on any atom is 0.257 e. The van der Waals surface area contributed by atoms with E-state index >= 15 is 0 Å². The van der Waals surface area contributed by atoms with E-state index in [2.05, 4.69) is 14.7 Å². The van der Waals surface area contributed by atoms with Crippen molar-refractivity contribution < 1.29 is 9.32 Å². The van der Waals surface area contributed by atoms with E-state index < -0.39 is 0 Å². The van der Waals surface area contributed by atoms with Crippen molar-refractivity contribution in [3.8, 4) is 5.00 Å². The number of amides is 1. The van der Waals surface area contributed by atoms with Crippen molar-refractivity contribution >= 4 is 17.2 Å². The van der Waals surface area contributed by atoms with E-state index in [1.54, 1.807) is 11.3 Å². The Bertz CT molecular complexity index is 980. The van der Waals surface area contributed by atoms with Crippen LogP contribution < -0.4 is 0 Å². The highest BCUT2D eigenvalue weighted by Crippen LogP contribution is 2.38. The van der Waals surface area contributed by atoms with Crippen molar-refractivity contribution in [1.82, 2.24) is 19.6 Å². The van der Waals surface area contributed by atoms with E-state index in [-0.39, 0.29) is 11.8 Å². The Labute approximate surface area is 168 Å². The second-order valence-electron chi connectivity index (χ2n) is 7.73. The van der Waals surface area contributed by atoms with Gasteiger partial charge < -0.3 is 14.0 Å². The predicted molar refractivity (Wildman–Crippen MR) is 107 cm³/mol. The van der Waals surface area contributed by atoms with Crippen molar-refractivity contribution in [1.29, 1.82) is 0 Å². The Kier molecular flexibility index (Phi) is 4.55. The van der Waals surface area contributed by atoms with Crippen LogP contribution in [0.4, 0.5) is 0 Å². The summed E-state index contributed by atoms with van der Waals surface area (Å²) >= 11 is 1.79. The van der Waals surface area contributed by atoms with E-state index in [0.717, 1.165) is 49.3 Å². The van der Waals surface area contributed by atoms with E-state index in [4.69, 9.17) is 4.52 Å². The predicted octanol–water partition coefficient (Wildman–Crippen LogP) is 4.13. The fourth-order valence-corrected chi connectivity index (χ4v) is 5.74. The number of aryl methyl sites for hydroxylation is 2. The van der Waals surface area contributed by atoms with Crippen LogP contribution in [0, 0.1) is 6.92 Å². The van der Waals surface area contributed by atoms with Crippen molar-refractivity contribution in [3.63, 3.8) is 0 Å². The van der Waals surface area contributed by atoms with Crippen LogP contribution >= 0.6 is 11.3 Å². The molecule has 4 heterocycles. The smallest absolute Gasteiger partial charge is 0.257 e. The van der Waals surface area contributed by atoms with Crippen LogP contribution in [-0.4, -0.2) is 38.6 Å². The zero-order valence-electron chi connectivity index (χ0n) is 16.1. The van der Waals surface area contributed by atoms with Crippen LogP contribution in [0.1, 0.15) is 64.1 Å². The Morgan fingerprint density at radius 1 is 1.18 bits per heavy atom. The first-order chi connectivity index (χ1) is 13.7. The van der Waals surface area contributed by atoms with Gasteiger partial charge in [-0.1, -0.05) is 5.16 Å². The number of carbonyl (C=O) groups is 1. The maximum atomic E-state index is 13.6. The van der Waals surface area contributed by atoms with E-state index in [9.17, 15) is 4.79 Å². The number of hydrogen-bond donors (Lipinski definition) is 0. The molecule has 0 spiro atoms. The minimum Gasteiger partial charge on any atom is -0.339 e. The van der Waals surface area contributed by atoms with Crippen LogP contribution in [-0.2, 0) is 12.8 Å². The first-order valence-electron chi connectivity index (χ1n) is 10.1. The molecular formula is C21H24N4O2S. The number of rotatable bonds is 3. The van der Waals surface area contributed by atoms with Gasteiger partial charge in [0.05, 0.1) is 5.56 Å². The molecule has 28 heavy (non-hydrogen) atoms. The second kappa shape index (κ2) is 7.20. The molecule has 1 fully saturated rings. The number of hydrogen-bond acceptors (Lipinski definition) is 5. The molecule has 0 unspecified atom stereocenters. The van der Waals surface area contributed by atoms with Crippen LogP contribution in [0.25, 0.3) is 5.00 Å². The minimum atomic E-state index is 0.184. The zero-order chi connectivity index (χ0) is 19.1. The fourth-order valence-electron chi connectivity index (χ4n) is 4.39. The van der Waals surface area contributed by atoms with Gasteiger partial charge in [-0.2, -0.15) is 4.98 Å². The molecule has 0 bridgehead atoms. The summed E-state index contributed by atoms with van der Waals surface area (Å²) in [6.07, 6.45) is 10.3. The topological polar surface area (TPSA) is 64.2 Å². The van der Waals surface area contributed by atoms with Gasteiger partial charge in [0.25, 0.3) is 5.91 Å². The number of fused-ring (bicyclic) bond motifs is 1. The number of aromatic nitrogens is 3. The van der Waals surface area contributed by atoms with E-state index in [0.29, 0.717) is 11.7 Å². The quantitative estimate of drug-likeness (QED) is 0.668. The molecule has 3 aromatic heterocycles. The normalized spacial score (nSPS) is 17.7. The summed E-state index contributed by atoms with van der Waals surface area (Å²) < 4.78 is 7.45. The summed E-state index contributed by atoms with van der Waals surface area (Å²) in [5.41, 5.74) is 2.22. The first-order valence-corrected chi connectivity index (χ1v) is 10.9. The third-order valence-corrected chi connectivity index (χ3v) is 7.19. The number of thiophene rings is 1. The average molecular weight is 397 g/mol. The van der Waals surface area contributed by atoms with Gasteiger partial charge in [0.2, 0.25) is 5.89 Å². The molecule has 0 saturated carbocycles. The van der Waals surface area contributed by atoms with Crippen molar-refractivity contribution in [2.24, 2.45) is 0 Å². The maximum absolute atomic E-state index is 13.6. The van der Waals surface area contributed by atoms with E-state index in [1.807, 2.05) is 36.4 Å². The number of piperidine rings is 1. The molecule has 146 valence electrons. The summed E-state index contributed by atoms with van der Waals surface area (Å²) in [6.45, 7) is 3.31. The van der Waals surface area contributed by atoms with Gasteiger partial charge in [-0.15, -0.1) is 11.3 Å². The molecule has 1 saturated heterocycles. The molecule has 0 aromatic carbocycles. The number of carbonyl (C=O) groups excluding carboxylic acids is 1. The SMILES string of the molecule is Cc1noc(C2CCN(C(=O)c3c(-n4cccc4)sc4c3CCCC4)CC2)n1. The number of likely N-dealkylation sites (tertiary alicyclic amines) is 1. The Morgan fingerprint density at radius 3 is 2.64 bits per heavy atom. The fraction of sp³-hybridized carbons (Fsp3) is 0.476. The average Bonchev–Trinajstić information content (AvgIpc) is 3.46. The molecule has 1 aliphatic heterocycles. The van der Waals surface area contributed by atoms with Crippen molar-refractivity contribution in [2.75, 3.05) is 13.1 Å². The third kappa shape index (κ3) is 3.07. The molecule has 0 atom stereocenters. The molecule has 3 aromatic rings. The summed E-state index contributed by atoms with van der Waals surface area (Å²) in [5.74, 6) is 1.83. The van der Waals surface area contributed by atoms with Gasteiger partial charge >= 0.3 is 0 Å². The summed E-state index contributed by atoms with van der Waals surface area (Å²) in [5, 5.41) is 4.99. The van der Waals surface area contributed by atoms with Gasteiger partial charge in [-0.05, 0) is 63.1 Å². The van der Waals surface area contributed by atoms with Gasteiger partial charge in [-0.3, -0.25) is 4.79 Å². The highest BCUT2D eigenvalue weighted by molar-refractivity contribution is 7.15. The molecule has 7 heteroatoms. The van der Waals surface area contributed by atoms with Gasteiger partial charge in [0.15, 0.2) is 5.82 Å². The van der Waals surface area contributed by atoms with Crippen LogP contribution in [0.5, 0.6) is 0 Å².